The molecule has 1 aliphatic heterocycles. The van der Waals surface area contributed by atoms with Gasteiger partial charge in [-0.15, -0.1) is 0 Å². The smallest absolute Gasteiger partial charge is 0.256 e. The molecule has 2 aromatic rings. The summed E-state index contributed by atoms with van der Waals surface area (Å²) in [5, 5.41) is 21.2. The van der Waals surface area contributed by atoms with Crippen molar-refractivity contribution in [3.63, 3.8) is 0 Å². The first kappa shape index (κ1) is 22.7. The van der Waals surface area contributed by atoms with Crippen molar-refractivity contribution >= 4 is 17.3 Å². The van der Waals surface area contributed by atoms with Gasteiger partial charge < -0.3 is 20.5 Å². The predicted octanol–water partition coefficient (Wildman–Crippen LogP) is 3.35. The topological polar surface area (TPSA) is 84.8 Å². The molecular formula is C20H24F3N3O3. The van der Waals surface area contributed by atoms with Crippen LogP contribution >= 0.6 is 0 Å². The second-order valence-corrected chi connectivity index (χ2v) is 6.61. The van der Waals surface area contributed by atoms with E-state index in [1.807, 2.05) is 19.3 Å². The summed E-state index contributed by atoms with van der Waals surface area (Å²) in [6.45, 7) is 5.33. The Bertz CT molecular complexity index is 887. The Kier molecular flexibility index (Phi) is 7.23. The summed E-state index contributed by atoms with van der Waals surface area (Å²) >= 11 is 0. The molecule has 3 rings (SSSR count). The monoisotopic (exact) mass is 411 g/mol. The number of carbonyl (C=O) groups excluding carboxylic acids is 1. The zero-order valence-corrected chi connectivity index (χ0v) is 16.4. The highest BCUT2D eigenvalue weighted by Crippen LogP contribution is 2.31. The fraction of sp³-hybridized carbons (Fsp3) is 0.350. The molecule has 0 spiro atoms. The fourth-order valence-electron chi connectivity index (χ4n) is 2.94. The molecule has 0 bridgehead atoms. The van der Waals surface area contributed by atoms with Crippen molar-refractivity contribution in [3.05, 3.63) is 58.9 Å². The summed E-state index contributed by atoms with van der Waals surface area (Å²) in [7, 11) is 0. The highest BCUT2D eigenvalue weighted by atomic mass is 19.2. The average Bonchev–Trinajstić information content (AvgIpc) is 2.66. The van der Waals surface area contributed by atoms with E-state index in [1.165, 1.54) is 17.0 Å². The molecular weight excluding hydrogens is 387 g/mol. The van der Waals surface area contributed by atoms with Crippen LogP contribution < -0.4 is 10.8 Å². The van der Waals surface area contributed by atoms with Crippen LogP contribution in [0.2, 0.25) is 0 Å². The first-order valence-electron chi connectivity index (χ1n) is 9.14. The number of anilines is 2. The molecule has 6 nitrogen and oxygen atoms in total. The SMILES string of the molecule is CC.Cc1ccc(Nc2c(C(=O)N3CC(O)(CNO)C3)ccc(F)c2F)c(F)c1. The lowest BCUT2D eigenvalue weighted by Gasteiger charge is -2.46. The maximum absolute atomic E-state index is 14.4. The summed E-state index contributed by atoms with van der Waals surface area (Å²) in [5.74, 6) is -3.84. The van der Waals surface area contributed by atoms with Gasteiger partial charge in [-0.2, -0.15) is 0 Å². The minimum absolute atomic E-state index is 0.100. The van der Waals surface area contributed by atoms with Crippen LogP contribution in [0.15, 0.2) is 30.3 Å². The quantitative estimate of drug-likeness (QED) is 0.567. The number of nitrogens with zero attached hydrogens (tertiary/aromatic N) is 1. The maximum Gasteiger partial charge on any atom is 0.256 e. The molecule has 1 amide bonds. The molecule has 1 aliphatic rings. The number of aliphatic hydroxyl groups is 1. The number of carbonyl (C=O) groups is 1. The molecule has 0 radical (unpaired) electrons. The normalized spacial score (nSPS) is 14.6. The number of halogens is 3. The van der Waals surface area contributed by atoms with E-state index in [4.69, 9.17) is 5.21 Å². The van der Waals surface area contributed by atoms with Gasteiger partial charge in [0.05, 0.1) is 36.6 Å². The van der Waals surface area contributed by atoms with Crippen LogP contribution in [-0.2, 0) is 0 Å². The van der Waals surface area contributed by atoms with Crippen molar-refractivity contribution < 1.29 is 28.3 Å². The molecule has 29 heavy (non-hydrogen) atoms. The van der Waals surface area contributed by atoms with Crippen molar-refractivity contribution in [3.8, 4) is 0 Å². The zero-order chi connectivity index (χ0) is 21.8. The first-order chi connectivity index (χ1) is 13.7. The van der Waals surface area contributed by atoms with Crippen LogP contribution in [0.1, 0.15) is 29.8 Å². The highest BCUT2D eigenvalue weighted by Gasteiger charge is 2.44. The number of hydroxylamine groups is 1. The number of nitrogens with one attached hydrogen (secondary N) is 2. The molecule has 1 heterocycles. The Balaban J connectivity index is 0.00000145. The minimum Gasteiger partial charge on any atom is -0.385 e. The van der Waals surface area contributed by atoms with E-state index in [2.05, 4.69) is 5.32 Å². The van der Waals surface area contributed by atoms with Crippen molar-refractivity contribution in [1.82, 2.24) is 10.4 Å². The van der Waals surface area contributed by atoms with Crippen LogP contribution in [0.25, 0.3) is 0 Å². The molecule has 0 aromatic heterocycles. The Labute approximate surface area is 166 Å². The van der Waals surface area contributed by atoms with E-state index < -0.39 is 34.6 Å². The highest BCUT2D eigenvalue weighted by molar-refractivity contribution is 6.01. The summed E-state index contributed by atoms with van der Waals surface area (Å²) in [5.41, 5.74) is 0.372. The number of hydrogen-bond acceptors (Lipinski definition) is 5. The lowest BCUT2D eigenvalue weighted by atomic mass is 9.93. The predicted molar refractivity (Wildman–Crippen MR) is 103 cm³/mol. The van der Waals surface area contributed by atoms with Gasteiger partial charge in [-0.3, -0.25) is 4.79 Å². The number of likely N-dealkylation sites (tertiary alicyclic amines) is 1. The lowest BCUT2D eigenvalue weighted by molar-refractivity contribution is -0.0940. The summed E-state index contributed by atoms with van der Waals surface area (Å²) in [6.07, 6.45) is 0. The molecule has 0 aliphatic carbocycles. The van der Waals surface area contributed by atoms with Crippen LogP contribution in [0, 0.1) is 24.4 Å². The third-order valence-electron chi connectivity index (χ3n) is 4.38. The van der Waals surface area contributed by atoms with Gasteiger partial charge >= 0.3 is 0 Å². The zero-order valence-electron chi connectivity index (χ0n) is 16.4. The summed E-state index contributed by atoms with van der Waals surface area (Å²) in [4.78, 5) is 13.9. The molecule has 1 saturated heterocycles. The Morgan fingerprint density at radius 2 is 1.79 bits per heavy atom. The summed E-state index contributed by atoms with van der Waals surface area (Å²) in [6, 6.07) is 6.07. The minimum atomic E-state index is -1.31. The van der Waals surface area contributed by atoms with E-state index in [-0.39, 0.29) is 30.9 Å². The molecule has 4 N–H and O–H groups in total. The Morgan fingerprint density at radius 3 is 2.38 bits per heavy atom. The first-order valence-corrected chi connectivity index (χ1v) is 9.14. The molecule has 158 valence electrons. The van der Waals surface area contributed by atoms with Gasteiger partial charge in [-0.25, -0.2) is 18.7 Å². The number of rotatable bonds is 5. The van der Waals surface area contributed by atoms with Crippen molar-refractivity contribution in [2.45, 2.75) is 26.4 Å². The Hall–Kier alpha value is -2.62. The third-order valence-corrected chi connectivity index (χ3v) is 4.38. The van der Waals surface area contributed by atoms with Gasteiger partial charge in [0.15, 0.2) is 11.6 Å². The average molecular weight is 411 g/mol. The molecule has 0 saturated carbocycles. The van der Waals surface area contributed by atoms with E-state index >= 15 is 0 Å². The largest absolute Gasteiger partial charge is 0.385 e. The van der Waals surface area contributed by atoms with Crippen LogP contribution in [0.4, 0.5) is 24.5 Å². The molecule has 9 heteroatoms. The molecule has 2 aromatic carbocycles. The van der Waals surface area contributed by atoms with Crippen LogP contribution in [0.3, 0.4) is 0 Å². The maximum atomic E-state index is 14.4. The fourth-order valence-corrected chi connectivity index (χ4v) is 2.94. The standard InChI is InChI=1S/C18H18F3N3O3.C2H6/c1-10-2-5-14(13(20)6-10)23-16-11(3-4-12(19)15(16)21)17(25)24-8-18(26,9-24)7-22-27;1-2/h2-6,22-23,26-27H,7-9H2,1H3;1-2H3. The lowest BCUT2D eigenvalue weighted by Crippen LogP contribution is -2.67. The summed E-state index contributed by atoms with van der Waals surface area (Å²) < 4.78 is 42.1. The second kappa shape index (κ2) is 9.25. The van der Waals surface area contributed by atoms with E-state index in [0.717, 1.165) is 12.1 Å². The van der Waals surface area contributed by atoms with Gasteiger partial charge in [0.25, 0.3) is 5.91 Å². The van der Waals surface area contributed by atoms with Crippen molar-refractivity contribution in [2.24, 2.45) is 0 Å². The van der Waals surface area contributed by atoms with Crippen molar-refractivity contribution in [1.29, 1.82) is 0 Å². The number of aryl methyl sites for hydroxylation is 1. The van der Waals surface area contributed by atoms with E-state index in [0.29, 0.717) is 5.56 Å². The van der Waals surface area contributed by atoms with Crippen LogP contribution in [-0.4, -0.2) is 46.4 Å². The Morgan fingerprint density at radius 1 is 1.14 bits per heavy atom. The third kappa shape index (κ3) is 4.87. The van der Waals surface area contributed by atoms with Gasteiger partial charge in [0, 0.05) is 0 Å². The molecule has 0 atom stereocenters. The number of β-amino-alcohol motifs (C(OH)–C–C–N with tert-alkyl or cyclic N) is 1. The second-order valence-electron chi connectivity index (χ2n) is 6.61. The van der Waals surface area contributed by atoms with Gasteiger partial charge in [-0.1, -0.05) is 19.9 Å². The number of amides is 1. The van der Waals surface area contributed by atoms with Crippen LogP contribution in [0.5, 0.6) is 0 Å². The van der Waals surface area contributed by atoms with Gasteiger partial charge in [0.1, 0.15) is 11.4 Å². The van der Waals surface area contributed by atoms with Gasteiger partial charge in [0.2, 0.25) is 0 Å². The molecule has 0 unspecified atom stereocenters. The molecule has 1 fully saturated rings. The van der Waals surface area contributed by atoms with E-state index in [1.54, 1.807) is 13.0 Å². The van der Waals surface area contributed by atoms with Gasteiger partial charge in [-0.05, 0) is 36.8 Å². The number of hydrogen-bond donors (Lipinski definition) is 4. The van der Waals surface area contributed by atoms with E-state index in [9.17, 15) is 23.1 Å². The van der Waals surface area contributed by atoms with Crippen molar-refractivity contribution in [2.75, 3.05) is 25.0 Å². The number of benzene rings is 2.